The molecular formula is C34H51N5O10. The highest BCUT2D eigenvalue weighted by atomic mass is 16.6. The molecule has 2 rings (SSSR count). The predicted octanol–water partition coefficient (Wildman–Crippen LogP) is 2.78. The van der Waals surface area contributed by atoms with Crippen LogP contribution < -0.4 is 50.5 Å². The Balaban J connectivity index is 1.93. The number of unbranched alkanes of at least 4 members (excludes halogenated alkanes) is 1. The molecule has 0 heterocycles. The average molecular weight is 690 g/mol. The number of benzene rings is 2. The third-order valence-corrected chi connectivity index (χ3v) is 6.98. The van der Waals surface area contributed by atoms with E-state index in [4.69, 9.17) is 28.4 Å². The van der Waals surface area contributed by atoms with E-state index < -0.39 is 29.6 Å². The van der Waals surface area contributed by atoms with Crippen molar-refractivity contribution >= 4 is 23.8 Å². The van der Waals surface area contributed by atoms with Crippen LogP contribution in [0.1, 0.15) is 57.6 Å². The van der Waals surface area contributed by atoms with Gasteiger partial charge in [0.15, 0.2) is 11.5 Å². The maximum atomic E-state index is 13.2. The molecule has 5 N–H and O–H groups in total. The first-order valence-corrected chi connectivity index (χ1v) is 15.9. The molecule has 0 saturated heterocycles. The molecule has 0 fully saturated rings. The molecular weight excluding hydrogens is 638 g/mol. The van der Waals surface area contributed by atoms with Crippen LogP contribution in [0, 0.1) is 0 Å². The lowest BCUT2D eigenvalue weighted by molar-refractivity contribution is -0.129. The van der Waals surface area contributed by atoms with Crippen molar-refractivity contribution in [3.8, 4) is 28.7 Å². The molecule has 2 aromatic rings. The monoisotopic (exact) mass is 689 g/mol. The smallest absolute Gasteiger partial charge is 0.407 e. The molecule has 0 aliphatic rings. The van der Waals surface area contributed by atoms with Crippen LogP contribution in [-0.4, -0.2) is 84.1 Å². The molecule has 15 nitrogen and oxygen atoms in total. The van der Waals surface area contributed by atoms with E-state index in [1.165, 1.54) is 35.5 Å². The minimum Gasteiger partial charge on any atom is -0.497 e. The molecule has 0 bridgehead atoms. The number of rotatable bonds is 20. The number of amides is 4. The highest BCUT2D eigenvalue weighted by Gasteiger charge is 2.22. The fraction of sp³-hybridized carbons (Fsp3) is 0.529. The van der Waals surface area contributed by atoms with E-state index in [1.807, 2.05) is 0 Å². The van der Waals surface area contributed by atoms with Crippen LogP contribution in [0.5, 0.6) is 28.7 Å². The summed E-state index contributed by atoms with van der Waals surface area (Å²) in [4.78, 5) is 50.7. The second-order valence-electron chi connectivity index (χ2n) is 11.9. The van der Waals surface area contributed by atoms with E-state index in [0.717, 1.165) is 5.56 Å². The number of carbonyl (C=O) groups excluding carboxylic acids is 4. The van der Waals surface area contributed by atoms with Crippen LogP contribution in [0.2, 0.25) is 0 Å². The van der Waals surface area contributed by atoms with Crippen molar-refractivity contribution in [1.82, 2.24) is 26.8 Å². The number of hydrazine groups is 1. The van der Waals surface area contributed by atoms with Crippen molar-refractivity contribution in [2.24, 2.45) is 0 Å². The van der Waals surface area contributed by atoms with Gasteiger partial charge in [-0.05, 0) is 75.9 Å². The largest absolute Gasteiger partial charge is 0.497 e. The lowest BCUT2D eigenvalue weighted by atomic mass is 10.1. The minimum atomic E-state index is -0.896. The van der Waals surface area contributed by atoms with Gasteiger partial charge in [-0.15, -0.1) is 0 Å². The molecule has 49 heavy (non-hydrogen) atoms. The predicted molar refractivity (Wildman–Crippen MR) is 182 cm³/mol. The zero-order valence-electron chi connectivity index (χ0n) is 29.7. The molecule has 272 valence electrons. The SMILES string of the molecule is COc1ccc(OC)c(CC(=O)NC(CCCCNC(=O)OC(C)(C)C)C(=O)NNCCC(=O)NCc2cc(OC)c(OC)c(OC)c2)c1. The van der Waals surface area contributed by atoms with Crippen LogP contribution in [-0.2, 0) is 32.1 Å². The minimum absolute atomic E-state index is 0.0517. The Bertz CT molecular complexity index is 1370. The number of methoxy groups -OCH3 is 5. The number of carbonyl (C=O) groups is 4. The molecule has 1 atom stereocenters. The standard InChI is InChI=1S/C34H51N5O10/c1-34(2,3)49-33(43)35-15-10-9-11-25(38-30(41)20-23-19-24(44-4)12-13-26(23)45-5)32(42)39-37-16-14-29(40)36-21-22-17-27(46-6)31(48-8)28(18-22)47-7/h12-13,17-19,25,37H,9-11,14-16,20-21H2,1-8H3,(H,35,43)(H,36,40)(H,38,41)(H,39,42). The average Bonchev–Trinajstić information content (AvgIpc) is 3.06. The van der Waals surface area contributed by atoms with E-state index in [1.54, 1.807) is 51.1 Å². The van der Waals surface area contributed by atoms with Crippen molar-refractivity contribution in [2.75, 3.05) is 48.6 Å². The van der Waals surface area contributed by atoms with Crippen LogP contribution >= 0.6 is 0 Å². The highest BCUT2D eigenvalue weighted by Crippen LogP contribution is 2.38. The van der Waals surface area contributed by atoms with Gasteiger partial charge in [0, 0.05) is 31.6 Å². The fourth-order valence-electron chi connectivity index (χ4n) is 4.62. The number of nitrogens with one attached hydrogen (secondary N) is 5. The lowest BCUT2D eigenvalue weighted by Gasteiger charge is -2.20. The van der Waals surface area contributed by atoms with Gasteiger partial charge in [0.2, 0.25) is 17.6 Å². The lowest BCUT2D eigenvalue weighted by Crippen LogP contribution is -2.51. The second-order valence-corrected chi connectivity index (χ2v) is 11.9. The second kappa shape index (κ2) is 20.4. The summed E-state index contributed by atoms with van der Waals surface area (Å²) in [5, 5.41) is 8.30. The van der Waals surface area contributed by atoms with Crippen LogP contribution in [0.3, 0.4) is 0 Å². The molecule has 1 unspecified atom stereocenters. The zero-order chi connectivity index (χ0) is 36.4. The van der Waals surface area contributed by atoms with Gasteiger partial charge in [-0.1, -0.05) is 0 Å². The summed E-state index contributed by atoms with van der Waals surface area (Å²) in [5.74, 6) is 1.33. The van der Waals surface area contributed by atoms with Gasteiger partial charge in [0.05, 0.1) is 42.0 Å². The van der Waals surface area contributed by atoms with Crippen LogP contribution in [0.15, 0.2) is 30.3 Å². The molecule has 0 aliphatic heterocycles. The van der Waals surface area contributed by atoms with Crippen LogP contribution in [0.25, 0.3) is 0 Å². The maximum Gasteiger partial charge on any atom is 0.407 e. The van der Waals surface area contributed by atoms with E-state index >= 15 is 0 Å². The van der Waals surface area contributed by atoms with Gasteiger partial charge in [0.25, 0.3) is 5.91 Å². The summed E-state index contributed by atoms with van der Waals surface area (Å²) >= 11 is 0. The van der Waals surface area contributed by atoms with Crippen molar-refractivity contribution in [1.29, 1.82) is 0 Å². The number of ether oxygens (including phenoxy) is 6. The normalized spacial score (nSPS) is 11.4. The Kier molecular flexibility index (Phi) is 16.8. The Labute approximate surface area is 288 Å². The molecule has 4 amide bonds. The number of alkyl carbamates (subject to hydrolysis) is 1. The van der Waals surface area contributed by atoms with Gasteiger partial charge in [-0.3, -0.25) is 19.8 Å². The molecule has 0 spiro atoms. The van der Waals surface area contributed by atoms with Gasteiger partial charge in [0.1, 0.15) is 23.1 Å². The summed E-state index contributed by atoms with van der Waals surface area (Å²) in [6.07, 6.45) is 0.832. The Hall–Kier alpha value is -4.92. The Morgan fingerprint density at radius 2 is 1.43 bits per heavy atom. The van der Waals surface area contributed by atoms with Crippen LogP contribution in [0.4, 0.5) is 4.79 Å². The van der Waals surface area contributed by atoms with E-state index in [2.05, 4.69) is 26.8 Å². The van der Waals surface area contributed by atoms with Gasteiger partial charge < -0.3 is 44.4 Å². The molecule has 0 aliphatic carbocycles. The van der Waals surface area contributed by atoms with E-state index in [9.17, 15) is 19.2 Å². The van der Waals surface area contributed by atoms with Crippen molar-refractivity contribution in [2.45, 2.75) is 71.1 Å². The van der Waals surface area contributed by atoms with Gasteiger partial charge in [-0.2, -0.15) is 0 Å². The first-order chi connectivity index (χ1) is 23.3. The van der Waals surface area contributed by atoms with Crippen molar-refractivity contribution in [3.05, 3.63) is 41.5 Å². The summed E-state index contributed by atoms with van der Waals surface area (Å²) in [6.45, 7) is 6.01. The van der Waals surface area contributed by atoms with Gasteiger partial charge in [-0.25, -0.2) is 10.2 Å². The summed E-state index contributed by atoms with van der Waals surface area (Å²) in [6, 6.07) is 7.71. The van der Waals surface area contributed by atoms with E-state index in [-0.39, 0.29) is 31.8 Å². The quantitative estimate of drug-likeness (QED) is 0.102. The fourth-order valence-corrected chi connectivity index (χ4v) is 4.62. The third-order valence-electron chi connectivity index (χ3n) is 6.98. The maximum absolute atomic E-state index is 13.2. The highest BCUT2D eigenvalue weighted by molar-refractivity contribution is 5.88. The summed E-state index contributed by atoms with van der Waals surface area (Å²) in [7, 11) is 7.56. The summed E-state index contributed by atoms with van der Waals surface area (Å²) < 4.78 is 31.9. The zero-order valence-corrected chi connectivity index (χ0v) is 29.7. The third kappa shape index (κ3) is 14.4. The first-order valence-electron chi connectivity index (χ1n) is 15.9. The number of hydrogen-bond acceptors (Lipinski definition) is 11. The Morgan fingerprint density at radius 1 is 0.755 bits per heavy atom. The molecule has 0 radical (unpaired) electrons. The van der Waals surface area contributed by atoms with Gasteiger partial charge >= 0.3 is 6.09 Å². The first kappa shape index (κ1) is 40.3. The molecule has 2 aromatic carbocycles. The van der Waals surface area contributed by atoms with E-state index in [0.29, 0.717) is 60.1 Å². The molecule has 0 saturated carbocycles. The van der Waals surface area contributed by atoms with Crippen molar-refractivity contribution < 1.29 is 47.6 Å². The molecule has 0 aromatic heterocycles. The summed E-state index contributed by atoms with van der Waals surface area (Å²) in [5.41, 5.74) is 6.07. The number of hydrogen-bond donors (Lipinski definition) is 5. The molecule has 15 heteroatoms. The van der Waals surface area contributed by atoms with Crippen molar-refractivity contribution in [3.63, 3.8) is 0 Å². The Morgan fingerprint density at radius 3 is 2.02 bits per heavy atom. The topological polar surface area (TPSA) is 184 Å².